The highest BCUT2D eigenvalue weighted by molar-refractivity contribution is 6.51. The van der Waals surface area contributed by atoms with Gasteiger partial charge in [-0.3, -0.25) is 14.5 Å². The first-order valence-corrected chi connectivity index (χ1v) is 12.7. The summed E-state index contributed by atoms with van der Waals surface area (Å²) in [6, 6.07) is 16.0. The molecule has 39 heavy (non-hydrogen) atoms. The van der Waals surface area contributed by atoms with Gasteiger partial charge >= 0.3 is 5.91 Å². The fraction of sp³-hybridized carbons (Fsp3) is 0.207. The fourth-order valence-corrected chi connectivity index (χ4v) is 4.85. The molecule has 0 saturated carbocycles. The lowest BCUT2D eigenvalue weighted by atomic mass is 9.95. The largest absolute Gasteiger partial charge is 0.507 e. The van der Waals surface area contributed by atoms with Crippen LogP contribution in [0.3, 0.4) is 0 Å². The molecule has 0 aliphatic carbocycles. The van der Waals surface area contributed by atoms with Crippen LogP contribution in [0.2, 0.25) is 5.02 Å². The molecule has 1 aliphatic heterocycles. The Kier molecular flexibility index (Phi) is 7.17. The molecule has 10 heteroatoms. The van der Waals surface area contributed by atoms with E-state index in [1.54, 1.807) is 36.4 Å². The van der Waals surface area contributed by atoms with Gasteiger partial charge in [0.05, 0.1) is 48.0 Å². The van der Waals surface area contributed by atoms with E-state index >= 15 is 0 Å². The van der Waals surface area contributed by atoms with Crippen LogP contribution in [0.15, 0.2) is 66.2 Å². The molecule has 1 saturated heterocycles. The summed E-state index contributed by atoms with van der Waals surface area (Å²) in [5, 5.41) is 11.7. The van der Waals surface area contributed by atoms with Crippen molar-refractivity contribution in [2.45, 2.75) is 19.9 Å². The van der Waals surface area contributed by atoms with Crippen LogP contribution >= 0.6 is 11.6 Å². The number of Topliss-reactive ketones (excluding diaryl/α,β-unsaturated/α-hetero) is 1. The van der Waals surface area contributed by atoms with E-state index in [-0.39, 0.29) is 22.1 Å². The Hall–Kier alpha value is -4.50. The molecular weight excluding hydrogens is 522 g/mol. The maximum absolute atomic E-state index is 13.6. The molecule has 9 nitrogen and oxygen atoms in total. The van der Waals surface area contributed by atoms with Crippen LogP contribution in [-0.2, 0) is 9.59 Å². The number of rotatable bonds is 8. The van der Waals surface area contributed by atoms with E-state index in [2.05, 4.69) is 9.97 Å². The monoisotopic (exact) mass is 547 g/mol. The third kappa shape index (κ3) is 4.66. The molecule has 1 fully saturated rings. The second-order valence-corrected chi connectivity index (χ2v) is 9.07. The van der Waals surface area contributed by atoms with Crippen molar-refractivity contribution < 1.29 is 28.9 Å². The van der Waals surface area contributed by atoms with Gasteiger partial charge in [0.2, 0.25) is 5.95 Å². The molecule has 4 aromatic rings. The van der Waals surface area contributed by atoms with Gasteiger partial charge in [-0.25, -0.2) is 4.98 Å². The number of nitrogens with one attached hydrogen (secondary N) is 1. The van der Waals surface area contributed by atoms with Gasteiger partial charge in [0, 0.05) is 5.56 Å². The highest BCUT2D eigenvalue weighted by Crippen LogP contribution is 2.44. The number of H-pyrrole nitrogens is 1. The Morgan fingerprint density at radius 1 is 1.03 bits per heavy atom. The molecule has 1 atom stereocenters. The van der Waals surface area contributed by atoms with Crippen LogP contribution in [0.5, 0.6) is 17.2 Å². The molecule has 200 valence electrons. The topological polar surface area (TPSA) is 114 Å². The zero-order valence-corrected chi connectivity index (χ0v) is 22.3. The number of halogens is 1. The number of amides is 1. The number of hydrogen-bond donors (Lipinski definition) is 2. The number of aromatic amines is 1. The zero-order valence-electron chi connectivity index (χ0n) is 21.5. The first-order valence-electron chi connectivity index (χ1n) is 12.4. The summed E-state index contributed by atoms with van der Waals surface area (Å²) in [5.41, 5.74) is 1.81. The van der Waals surface area contributed by atoms with Gasteiger partial charge in [-0.2, -0.15) is 0 Å². The van der Waals surface area contributed by atoms with Crippen molar-refractivity contribution in [3.63, 3.8) is 0 Å². The number of carbonyl (C=O) groups is 2. The molecule has 3 aromatic carbocycles. The average Bonchev–Trinajstić information content (AvgIpc) is 3.48. The van der Waals surface area contributed by atoms with Crippen LogP contribution in [0.1, 0.15) is 31.0 Å². The molecule has 0 bridgehead atoms. The lowest BCUT2D eigenvalue weighted by Gasteiger charge is -2.24. The number of imidazole rings is 1. The molecule has 0 radical (unpaired) electrons. The first kappa shape index (κ1) is 26.1. The number of benzene rings is 3. The smallest absolute Gasteiger partial charge is 0.302 e. The van der Waals surface area contributed by atoms with Crippen molar-refractivity contribution in [2.24, 2.45) is 0 Å². The van der Waals surface area contributed by atoms with Gasteiger partial charge in [0.1, 0.15) is 11.5 Å². The number of methoxy groups -OCH3 is 1. The number of carbonyl (C=O) groups excluding carboxylic acids is 2. The molecule has 0 spiro atoms. The van der Waals surface area contributed by atoms with E-state index in [9.17, 15) is 14.7 Å². The van der Waals surface area contributed by atoms with Crippen LogP contribution in [0.25, 0.3) is 16.8 Å². The number of aliphatic hydroxyl groups is 1. The van der Waals surface area contributed by atoms with E-state index < -0.39 is 23.5 Å². The second kappa shape index (κ2) is 10.7. The van der Waals surface area contributed by atoms with Crippen LogP contribution < -0.4 is 19.1 Å². The minimum absolute atomic E-state index is 0.149. The summed E-state index contributed by atoms with van der Waals surface area (Å²) in [5.74, 6) is -0.661. The number of aromatic nitrogens is 2. The van der Waals surface area contributed by atoms with Crippen molar-refractivity contribution >= 4 is 46.0 Å². The van der Waals surface area contributed by atoms with Crippen LogP contribution in [-0.4, -0.2) is 47.1 Å². The summed E-state index contributed by atoms with van der Waals surface area (Å²) in [6.07, 6.45) is 0. The standard InChI is InChI=1S/C29H26ClN3O6/c1-4-38-17-11-12-19(30)18(15-17)26(34)24-25(16-10-13-22(37-3)23(14-16)39-5-2)33(28(36)27(24)35)29-31-20-8-6-7-9-21(20)32-29/h6-15,25,34H,4-5H2,1-3H3,(H,31,32)/b26-24+. The average molecular weight is 548 g/mol. The minimum Gasteiger partial charge on any atom is -0.507 e. The molecule has 2 N–H and O–H groups in total. The van der Waals surface area contributed by atoms with Gasteiger partial charge in [-0.05, 0) is 61.9 Å². The van der Waals surface area contributed by atoms with Gasteiger partial charge in [0.15, 0.2) is 11.5 Å². The van der Waals surface area contributed by atoms with Gasteiger partial charge < -0.3 is 24.3 Å². The number of ketones is 1. The Balaban J connectivity index is 1.75. The molecule has 1 aliphatic rings. The number of nitrogens with zero attached hydrogens (tertiary/aromatic N) is 2. The quantitative estimate of drug-likeness (QED) is 0.166. The van der Waals surface area contributed by atoms with E-state index in [4.69, 9.17) is 25.8 Å². The van der Waals surface area contributed by atoms with Gasteiger partial charge in [-0.1, -0.05) is 29.8 Å². The van der Waals surface area contributed by atoms with E-state index in [1.165, 1.54) is 18.1 Å². The minimum atomic E-state index is -1.05. The summed E-state index contributed by atoms with van der Waals surface area (Å²) in [4.78, 5) is 36.1. The maximum Gasteiger partial charge on any atom is 0.302 e. The fourth-order valence-electron chi connectivity index (χ4n) is 4.64. The molecular formula is C29H26ClN3O6. The van der Waals surface area contributed by atoms with Crippen molar-refractivity contribution in [2.75, 3.05) is 25.2 Å². The lowest BCUT2D eigenvalue weighted by Crippen LogP contribution is -2.30. The summed E-state index contributed by atoms with van der Waals surface area (Å²) < 4.78 is 16.7. The molecule has 5 rings (SSSR count). The summed E-state index contributed by atoms with van der Waals surface area (Å²) in [7, 11) is 1.52. The predicted molar refractivity (Wildman–Crippen MR) is 148 cm³/mol. The predicted octanol–water partition coefficient (Wildman–Crippen LogP) is 5.65. The Bertz CT molecular complexity index is 1580. The van der Waals surface area contributed by atoms with Crippen LogP contribution in [0.4, 0.5) is 5.95 Å². The molecule has 1 aromatic heterocycles. The van der Waals surface area contributed by atoms with E-state index in [0.29, 0.717) is 47.1 Å². The normalized spacial score (nSPS) is 16.6. The summed E-state index contributed by atoms with van der Waals surface area (Å²) in [6.45, 7) is 4.42. The number of anilines is 1. The Morgan fingerprint density at radius 2 is 1.79 bits per heavy atom. The van der Waals surface area contributed by atoms with Crippen LogP contribution in [0, 0.1) is 0 Å². The molecule has 1 unspecified atom stereocenters. The number of fused-ring (bicyclic) bond motifs is 1. The molecule has 1 amide bonds. The van der Waals surface area contributed by atoms with Gasteiger partial charge in [-0.15, -0.1) is 0 Å². The number of hydrogen-bond acceptors (Lipinski definition) is 7. The Labute approximate surface area is 229 Å². The number of ether oxygens (including phenoxy) is 3. The third-order valence-corrected chi connectivity index (χ3v) is 6.69. The number of aliphatic hydroxyl groups excluding tert-OH is 1. The van der Waals surface area contributed by atoms with Gasteiger partial charge in [0.25, 0.3) is 5.78 Å². The zero-order chi connectivity index (χ0) is 27.7. The summed E-state index contributed by atoms with van der Waals surface area (Å²) >= 11 is 6.45. The van der Waals surface area contributed by atoms with Crippen molar-refractivity contribution in [1.82, 2.24) is 9.97 Å². The first-order chi connectivity index (χ1) is 18.9. The van der Waals surface area contributed by atoms with Crippen molar-refractivity contribution in [3.05, 3.63) is 82.4 Å². The van der Waals surface area contributed by atoms with E-state index in [0.717, 1.165) is 0 Å². The lowest BCUT2D eigenvalue weighted by molar-refractivity contribution is -0.132. The highest BCUT2D eigenvalue weighted by Gasteiger charge is 2.48. The Morgan fingerprint density at radius 3 is 2.51 bits per heavy atom. The third-order valence-electron chi connectivity index (χ3n) is 6.36. The number of para-hydroxylation sites is 2. The van der Waals surface area contributed by atoms with E-state index in [1.807, 2.05) is 32.0 Å². The SMILES string of the molecule is CCOc1ccc(Cl)c(/C(O)=C2\C(=O)C(=O)N(c3nc4ccccc4[nH]3)C2c2ccc(OC)c(OCC)c2)c1. The maximum atomic E-state index is 13.6. The highest BCUT2D eigenvalue weighted by atomic mass is 35.5. The van der Waals surface area contributed by atoms with Crippen molar-refractivity contribution in [3.8, 4) is 17.2 Å². The second-order valence-electron chi connectivity index (χ2n) is 8.66. The molecule has 2 heterocycles. The van der Waals surface area contributed by atoms with Crippen molar-refractivity contribution in [1.29, 1.82) is 0 Å².